The zero-order chi connectivity index (χ0) is 12.8. The van der Waals surface area contributed by atoms with Gasteiger partial charge in [-0.25, -0.2) is 4.98 Å². The molecule has 96 valence electrons. The second-order valence-corrected chi connectivity index (χ2v) is 4.13. The Balaban J connectivity index is 2.37. The molecule has 1 aromatic rings. The van der Waals surface area contributed by atoms with Crippen LogP contribution in [0.15, 0.2) is 6.20 Å². The molecule has 1 rings (SSSR count). The summed E-state index contributed by atoms with van der Waals surface area (Å²) < 4.78 is 7.18. The zero-order valence-corrected chi connectivity index (χ0v) is 11.0. The first-order valence-electron chi connectivity index (χ1n) is 5.91. The monoisotopic (exact) mass is 239 g/mol. The number of imidazole rings is 1. The molecule has 0 aromatic carbocycles. The Kier molecular flexibility index (Phi) is 5.15. The Labute approximate surface area is 102 Å². The highest BCUT2D eigenvalue weighted by molar-refractivity contribution is 5.75. The minimum Gasteiger partial charge on any atom is -0.377 e. The molecule has 0 aliphatic carbocycles. The van der Waals surface area contributed by atoms with Crippen molar-refractivity contribution in [1.82, 2.24) is 14.9 Å². The lowest BCUT2D eigenvalue weighted by Crippen LogP contribution is -2.34. The largest absolute Gasteiger partial charge is 0.377 e. The van der Waals surface area contributed by atoms with Crippen molar-refractivity contribution in [2.75, 3.05) is 13.2 Å². The second kappa shape index (κ2) is 6.39. The Morgan fingerprint density at radius 3 is 2.82 bits per heavy atom. The van der Waals surface area contributed by atoms with E-state index in [2.05, 4.69) is 10.3 Å². The summed E-state index contributed by atoms with van der Waals surface area (Å²) in [4.78, 5) is 15.9. The lowest BCUT2D eigenvalue weighted by molar-refractivity contribution is -0.122. The molecule has 5 nitrogen and oxygen atoms in total. The van der Waals surface area contributed by atoms with Gasteiger partial charge < -0.3 is 14.6 Å². The summed E-state index contributed by atoms with van der Waals surface area (Å²) >= 11 is 0. The molecule has 1 N–H and O–H groups in total. The Hall–Kier alpha value is -1.36. The molecule has 1 atom stereocenters. The lowest BCUT2D eigenvalue weighted by Gasteiger charge is -2.13. The summed E-state index contributed by atoms with van der Waals surface area (Å²) in [5.74, 6) is 0.840. The molecule has 1 heterocycles. The predicted molar refractivity (Wildman–Crippen MR) is 65.8 cm³/mol. The van der Waals surface area contributed by atoms with Crippen molar-refractivity contribution in [3.63, 3.8) is 0 Å². The van der Waals surface area contributed by atoms with E-state index in [0.717, 1.165) is 11.5 Å². The van der Waals surface area contributed by atoms with Crippen LogP contribution < -0.4 is 5.32 Å². The predicted octanol–water partition coefficient (Wildman–Crippen LogP) is 1.04. The third-order valence-corrected chi connectivity index (χ3v) is 2.45. The first-order chi connectivity index (χ1) is 8.02. The molecule has 0 spiro atoms. The van der Waals surface area contributed by atoms with Gasteiger partial charge in [0.25, 0.3) is 0 Å². The van der Waals surface area contributed by atoms with Crippen molar-refractivity contribution in [2.24, 2.45) is 0 Å². The number of carbonyl (C=O) groups excluding carboxylic acids is 1. The van der Waals surface area contributed by atoms with Gasteiger partial charge in [0.05, 0.1) is 11.8 Å². The summed E-state index contributed by atoms with van der Waals surface area (Å²) in [6.45, 7) is 9.20. The van der Waals surface area contributed by atoms with Crippen molar-refractivity contribution in [3.05, 3.63) is 17.7 Å². The maximum atomic E-state index is 11.7. The number of aromatic nitrogens is 2. The molecular weight excluding hydrogens is 218 g/mol. The fourth-order valence-corrected chi connectivity index (χ4v) is 1.64. The molecule has 0 bridgehead atoms. The van der Waals surface area contributed by atoms with E-state index in [1.165, 1.54) is 0 Å². The maximum absolute atomic E-state index is 11.7. The van der Waals surface area contributed by atoms with Gasteiger partial charge in [0.1, 0.15) is 12.4 Å². The van der Waals surface area contributed by atoms with E-state index in [1.54, 1.807) is 0 Å². The molecule has 1 unspecified atom stereocenters. The number of nitrogens with zero attached hydrogens (tertiary/aromatic N) is 2. The van der Waals surface area contributed by atoms with Crippen molar-refractivity contribution >= 4 is 5.91 Å². The van der Waals surface area contributed by atoms with Gasteiger partial charge in [0, 0.05) is 19.3 Å². The van der Waals surface area contributed by atoms with Crippen LogP contribution in [0, 0.1) is 13.8 Å². The van der Waals surface area contributed by atoms with E-state index < -0.39 is 0 Å². The second-order valence-electron chi connectivity index (χ2n) is 4.13. The van der Waals surface area contributed by atoms with Crippen molar-refractivity contribution in [2.45, 2.75) is 40.3 Å². The number of ether oxygens (including phenoxy) is 1. The van der Waals surface area contributed by atoms with Gasteiger partial charge in [-0.2, -0.15) is 0 Å². The summed E-state index contributed by atoms with van der Waals surface area (Å²) in [6, 6.07) is 0. The molecule has 0 radical (unpaired) electrons. The Bertz CT molecular complexity index is 374. The summed E-state index contributed by atoms with van der Waals surface area (Å²) in [6.07, 6.45) is 1.93. The Morgan fingerprint density at radius 1 is 1.59 bits per heavy atom. The molecule has 17 heavy (non-hydrogen) atoms. The molecule has 1 amide bonds. The summed E-state index contributed by atoms with van der Waals surface area (Å²) in [5, 5.41) is 2.84. The van der Waals surface area contributed by atoms with Crippen molar-refractivity contribution < 1.29 is 9.53 Å². The van der Waals surface area contributed by atoms with E-state index in [-0.39, 0.29) is 12.0 Å². The van der Waals surface area contributed by atoms with Crippen LogP contribution in [0.3, 0.4) is 0 Å². The van der Waals surface area contributed by atoms with E-state index in [0.29, 0.717) is 19.7 Å². The molecule has 5 heteroatoms. The van der Waals surface area contributed by atoms with Crippen LogP contribution in [0.2, 0.25) is 0 Å². The van der Waals surface area contributed by atoms with Crippen LogP contribution in [0.25, 0.3) is 0 Å². The molecule has 0 aliphatic rings. The minimum absolute atomic E-state index is 0.0166. The third-order valence-electron chi connectivity index (χ3n) is 2.45. The molecule has 0 aliphatic heterocycles. The fourth-order valence-electron chi connectivity index (χ4n) is 1.64. The van der Waals surface area contributed by atoms with Gasteiger partial charge in [-0.3, -0.25) is 4.79 Å². The van der Waals surface area contributed by atoms with Gasteiger partial charge >= 0.3 is 0 Å². The third kappa shape index (κ3) is 4.56. The van der Waals surface area contributed by atoms with Gasteiger partial charge in [-0.05, 0) is 27.7 Å². The van der Waals surface area contributed by atoms with Crippen LogP contribution in [0.4, 0.5) is 0 Å². The van der Waals surface area contributed by atoms with Crippen LogP contribution in [0.5, 0.6) is 0 Å². The molecular formula is C12H21N3O2. The summed E-state index contributed by atoms with van der Waals surface area (Å²) in [5.41, 5.74) is 0.929. The molecule has 0 fully saturated rings. The van der Waals surface area contributed by atoms with E-state index in [4.69, 9.17) is 4.74 Å². The number of carbonyl (C=O) groups is 1. The van der Waals surface area contributed by atoms with Crippen molar-refractivity contribution in [1.29, 1.82) is 0 Å². The number of nitrogens with one attached hydrogen (secondary N) is 1. The lowest BCUT2D eigenvalue weighted by atomic mass is 10.4. The van der Waals surface area contributed by atoms with E-state index in [9.17, 15) is 4.79 Å². The standard InChI is InChI=1S/C12H21N3O2/c1-5-17-10(3)6-13-12(16)8-15-7-9(2)14-11(15)4/h7,10H,5-6,8H2,1-4H3,(H,13,16). The van der Waals surface area contributed by atoms with Crippen LogP contribution in [-0.2, 0) is 16.1 Å². The number of rotatable bonds is 6. The highest BCUT2D eigenvalue weighted by atomic mass is 16.5. The maximum Gasteiger partial charge on any atom is 0.240 e. The quantitative estimate of drug-likeness (QED) is 0.807. The van der Waals surface area contributed by atoms with Crippen LogP contribution in [-0.4, -0.2) is 34.7 Å². The van der Waals surface area contributed by atoms with E-state index >= 15 is 0 Å². The SMILES string of the molecule is CCOC(C)CNC(=O)Cn1cc(C)nc1C. The number of hydrogen-bond acceptors (Lipinski definition) is 3. The average molecular weight is 239 g/mol. The van der Waals surface area contributed by atoms with Crippen molar-refractivity contribution in [3.8, 4) is 0 Å². The van der Waals surface area contributed by atoms with Gasteiger partial charge in [-0.1, -0.05) is 0 Å². The van der Waals surface area contributed by atoms with Crippen LogP contribution >= 0.6 is 0 Å². The molecule has 1 aromatic heterocycles. The van der Waals surface area contributed by atoms with E-state index in [1.807, 2.05) is 38.5 Å². The fraction of sp³-hybridized carbons (Fsp3) is 0.667. The first-order valence-corrected chi connectivity index (χ1v) is 5.91. The summed E-state index contributed by atoms with van der Waals surface area (Å²) in [7, 11) is 0. The smallest absolute Gasteiger partial charge is 0.240 e. The highest BCUT2D eigenvalue weighted by Crippen LogP contribution is 2.00. The van der Waals surface area contributed by atoms with Crippen LogP contribution in [0.1, 0.15) is 25.4 Å². The topological polar surface area (TPSA) is 56.1 Å². The molecule has 0 saturated carbocycles. The Morgan fingerprint density at radius 2 is 2.29 bits per heavy atom. The first kappa shape index (κ1) is 13.7. The number of aryl methyl sites for hydroxylation is 2. The highest BCUT2D eigenvalue weighted by Gasteiger charge is 2.08. The number of amides is 1. The zero-order valence-electron chi connectivity index (χ0n) is 11.0. The normalized spacial score (nSPS) is 12.5. The number of hydrogen-bond donors (Lipinski definition) is 1. The van der Waals surface area contributed by atoms with Gasteiger partial charge in [0.2, 0.25) is 5.91 Å². The molecule has 0 saturated heterocycles. The van der Waals surface area contributed by atoms with Gasteiger partial charge in [0.15, 0.2) is 0 Å². The average Bonchev–Trinajstić information content (AvgIpc) is 2.55. The minimum atomic E-state index is -0.0166. The van der Waals surface area contributed by atoms with Gasteiger partial charge in [-0.15, -0.1) is 0 Å².